The van der Waals surface area contributed by atoms with E-state index in [1.165, 1.54) is 24.1 Å². The molecular weight excluding hydrogens is 509 g/mol. The summed E-state index contributed by atoms with van der Waals surface area (Å²) in [5.41, 5.74) is 0.742. The Bertz CT molecular complexity index is 1080. The van der Waals surface area contributed by atoms with Crippen LogP contribution in [-0.2, 0) is 14.3 Å². The van der Waals surface area contributed by atoms with Gasteiger partial charge in [-0.25, -0.2) is 9.18 Å². The SMILES string of the molecule is CCOc1cc(/C=C2/SC(=S)N(c3ccccc3F)C2=O)cc(Br)c1OCC(=O)OC. The lowest BCUT2D eigenvalue weighted by Gasteiger charge is -2.15. The van der Waals surface area contributed by atoms with Crippen LogP contribution in [0.3, 0.4) is 0 Å². The van der Waals surface area contributed by atoms with Crippen LogP contribution in [0.2, 0.25) is 0 Å². The van der Waals surface area contributed by atoms with Crippen LogP contribution in [0.15, 0.2) is 45.8 Å². The molecule has 0 unspecified atom stereocenters. The van der Waals surface area contributed by atoms with E-state index in [0.717, 1.165) is 11.8 Å². The molecule has 0 N–H and O–H groups in total. The minimum absolute atomic E-state index is 0.108. The van der Waals surface area contributed by atoms with Gasteiger partial charge in [-0.15, -0.1) is 0 Å². The molecule has 10 heteroatoms. The van der Waals surface area contributed by atoms with E-state index in [0.29, 0.717) is 33.0 Å². The van der Waals surface area contributed by atoms with Crippen molar-refractivity contribution in [1.29, 1.82) is 0 Å². The second-order valence-electron chi connectivity index (χ2n) is 6.10. The van der Waals surface area contributed by atoms with Crippen molar-refractivity contribution >= 4 is 67.9 Å². The number of rotatable bonds is 7. The van der Waals surface area contributed by atoms with Crippen LogP contribution >= 0.6 is 39.9 Å². The summed E-state index contributed by atoms with van der Waals surface area (Å²) in [6, 6.07) is 9.35. The van der Waals surface area contributed by atoms with E-state index in [1.807, 2.05) is 6.92 Å². The Hall–Kier alpha value is -2.43. The number of thiocarbonyl (C=S) groups is 1. The molecule has 162 valence electrons. The van der Waals surface area contributed by atoms with Gasteiger partial charge in [0.25, 0.3) is 5.91 Å². The molecule has 6 nitrogen and oxygen atoms in total. The Labute approximate surface area is 196 Å². The van der Waals surface area contributed by atoms with Gasteiger partial charge in [-0.2, -0.15) is 0 Å². The molecule has 0 saturated carbocycles. The molecule has 1 saturated heterocycles. The summed E-state index contributed by atoms with van der Waals surface area (Å²) in [5, 5.41) is 0. The van der Waals surface area contributed by atoms with Crippen LogP contribution in [0, 0.1) is 5.82 Å². The molecule has 0 atom stereocenters. The minimum Gasteiger partial charge on any atom is -0.490 e. The molecule has 0 bridgehead atoms. The van der Waals surface area contributed by atoms with Crippen LogP contribution in [0.5, 0.6) is 11.5 Å². The molecule has 0 aromatic heterocycles. The molecule has 1 aliphatic heterocycles. The number of para-hydroxylation sites is 1. The number of esters is 1. The van der Waals surface area contributed by atoms with E-state index in [2.05, 4.69) is 20.7 Å². The van der Waals surface area contributed by atoms with E-state index in [9.17, 15) is 14.0 Å². The van der Waals surface area contributed by atoms with Crippen LogP contribution in [0.25, 0.3) is 6.08 Å². The number of hydrogen-bond donors (Lipinski definition) is 0. The lowest BCUT2D eigenvalue weighted by molar-refractivity contribution is -0.142. The third-order valence-electron chi connectivity index (χ3n) is 4.08. The third kappa shape index (κ3) is 5.25. The van der Waals surface area contributed by atoms with Crippen LogP contribution < -0.4 is 14.4 Å². The number of anilines is 1. The summed E-state index contributed by atoms with van der Waals surface area (Å²) in [6.45, 7) is 1.89. The minimum atomic E-state index is -0.534. The molecule has 2 aromatic carbocycles. The topological polar surface area (TPSA) is 65.1 Å². The van der Waals surface area contributed by atoms with Gasteiger partial charge in [-0.1, -0.05) is 36.1 Å². The predicted molar refractivity (Wildman–Crippen MR) is 125 cm³/mol. The molecule has 1 amide bonds. The number of carbonyl (C=O) groups excluding carboxylic acids is 2. The summed E-state index contributed by atoms with van der Waals surface area (Å²) < 4.78 is 30.7. The van der Waals surface area contributed by atoms with Crippen molar-refractivity contribution < 1.29 is 28.2 Å². The maximum absolute atomic E-state index is 14.2. The predicted octanol–water partition coefficient (Wildman–Crippen LogP) is 4.94. The monoisotopic (exact) mass is 525 g/mol. The quantitative estimate of drug-likeness (QED) is 0.288. The fraction of sp³-hybridized carbons (Fsp3) is 0.190. The van der Waals surface area contributed by atoms with Crippen LogP contribution in [0.1, 0.15) is 12.5 Å². The van der Waals surface area contributed by atoms with Crippen molar-refractivity contribution in [1.82, 2.24) is 0 Å². The average Bonchev–Trinajstić information content (AvgIpc) is 3.00. The van der Waals surface area contributed by atoms with E-state index in [-0.39, 0.29) is 16.6 Å². The Morgan fingerprint density at radius 2 is 2.03 bits per heavy atom. The van der Waals surface area contributed by atoms with Crippen molar-refractivity contribution in [2.45, 2.75) is 6.92 Å². The molecule has 1 heterocycles. The Balaban J connectivity index is 1.92. The Morgan fingerprint density at radius 1 is 1.29 bits per heavy atom. The van der Waals surface area contributed by atoms with Gasteiger partial charge < -0.3 is 14.2 Å². The third-order valence-corrected chi connectivity index (χ3v) is 5.97. The first-order chi connectivity index (χ1) is 14.8. The lowest BCUT2D eigenvalue weighted by Crippen LogP contribution is -2.28. The van der Waals surface area contributed by atoms with Crippen molar-refractivity contribution in [3.05, 3.63) is 57.2 Å². The highest BCUT2D eigenvalue weighted by Crippen LogP contribution is 2.40. The highest BCUT2D eigenvalue weighted by Gasteiger charge is 2.34. The molecule has 0 radical (unpaired) electrons. The number of benzene rings is 2. The standard InChI is InChI=1S/C21H17BrFNO5S2/c1-3-28-16-9-12(8-13(22)19(16)29-11-18(25)27-2)10-17-20(26)24(21(30)31-17)15-7-5-4-6-14(15)23/h4-10H,3,11H2,1-2H3/b17-10+. The van der Waals surface area contributed by atoms with Gasteiger partial charge in [0.2, 0.25) is 0 Å². The molecule has 1 aliphatic rings. The van der Waals surface area contributed by atoms with Crippen molar-refractivity contribution in [2.75, 3.05) is 25.2 Å². The lowest BCUT2D eigenvalue weighted by atomic mass is 10.1. The van der Waals surface area contributed by atoms with E-state index >= 15 is 0 Å². The zero-order valence-corrected chi connectivity index (χ0v) is 19.7. The van der Waals surface area contributed by atoms with E-state index < -0.39 is 17.7 Å². The maximum Gasteiger partial charge on any atom is 0.343 e. The first-order valence-electron chi connectivity index (χ1n) is 9.04. The molecule has 1 fully saturated rings. The van der Waals surface area contributed by atoms with Gasteiger partial charge in [0.1, 0.15) is 5.82 Å². The number of hydrogen-bond acceptors (Lipinski definition) is 7. The highest BCUT2D eigenvalue weighted by molar-refractivity contribution is 9.10. The van der Waals surface area contributed by atoms with Gasteiger partial charge in [0, 0.05) is 0 Å². The van der Waals surface area contributed by atoms with Gasteiger partial charge >= 0.3 is 5.97 Å². The van der Waals surface area contributed by atoms with Crippen LogP contribution in [0.4, 0.5) is 10.1 Å². The number of thioether (sulfide) groups is 1. The number of methoxy groups -OCH3 is 1. The Morgan fingerprint density at radius 3 is 2.71 bits per heavy atom. The summed E-state index contributed by atoms with van der Waals surface area (Å²) in [6.07, 6.45) is 1.64. The zero-order valence-electron chi connectivity index (χ0n) is 16.5. The maximum atomic E-state index is 14.2. The van der Waals surface area contributed by atoms with Gasteiger partial charge in [0.05, 0.1) is 28.8 Å². The molecule has 0 spiro atoms. The largest absolute Gasteiger partial charge is 0.490 e. The summed E-state index contributed by atoms with van der Waals surface area (Å²) in [5.74, 6) is -0.760. The highest BCUT2D eigenvalue weighted by atomic mass is 79.9. The number of halogens is 2. The number of nitrogens with zero attached hydrogens (tertiary/aromatic N) is 1. The number of carbonyl (C=O) groups is 2. The molecular formula is C21H17BrFNO5S2. The summed E-state index contributed by atoms with van der Waals surface area (Å²) >= 11 is 9.79. The fourth-order valence-corrected chi connectivity index (χ4v) is 4.58. The van der Waals surface area contributed by atoms with Gasteiger partial charge in [-0.3, -0.25) is 9.69 Å². The number of ether oxygens (including phenoxy) is 3. The van der Waals surface area contributed by atoms with E-state index in [1.54, 1.807) is 30.3 Å². The fourth-order valence-electron chi connectivity index (χ4n) is 2.72. The zero-order chi connectivity index (χ0) is 22.5. The van der Waals surface area contributed by atoms with Gasteiger partial charge in [0.15, 0.2) is 22.4 Å². The molecule has 3 rings (SSSR count). The first-order valence-corrected chi connectivity index (χ1v) is 11.1. The van der Waals surface area contributed by atoms with Crippen molar-refractivity contribution in [3.8, 4) is 11.5 Å². The smallest absolute Gasteiger partial charge is 0.343 e. The summed E-state index contributed by atoms with van der Waals surface area (Å²) in [4.78, 5) is 25.8. The second kappa shape index (κ2) is 10.3. The van der Waals surface area contributed by atoms with E-state index in [4.69, 9.17) is 21.7 Å². The molecule has 31 heavy (non-hydrogen) atoms. The molecule has 0 aliphatic carbocycles. The first kappa shape index (κ1) is 23.2. The van der Waals surface area contributed by atoms with Crippen molar-refractivity contribution in [3.63, 3.8) is 0 Å². The van der Waals surface area contributed by atoms with Gasteiger partial charge in [-0.05, 0) is 58.8 Å². The normalized spacial score (nSPS) is 14.8. The Kier molecular flexibility index (Phi) is 7.69. The summed E-state index contributed by atoms with van der Waals surface area (Å²) in [7, 11) is 1.27. The molecule has 2 aromatic rings. The second-order valence-corrected chi connectivity index (χ2v) is 8.63. The van der Waals surface area contributed by atoms with Crippen molar-refractivity contribution in [2.24, 2.45) is 0 Å². The number of amides is 1. The average molecular weight is 526 g/mol. The van der Waals surface area contributed by atoms with Crippen LogP contribution in [-0.4, -0.2) is 36.5 Å².